The van der Waals surface area contributed by atoms with Crippen LogP contribution in [0, 0.1) is 10.1 Å². The molecule has 0 bridgehead atoms. The van der Waals surface area contributed by atoms with Crippen LogP contribution in [0.5, 0.6) is 0 Å². The Hall–Kier alpha value is -2.67. The Labute approximate surface area is 124 Å². The number of halogens is 1. The van der Waals surface area contributed by atoms with Gasteiger partial charge in [0, 0.05) is 24.2 Å². The summed E-state index contributed by atoms with van der Waals surface area (Å²) >= 11 is 5.72. The summed E-state index contributed by atoms with van der Waals surface area (Å²) in [6.45, 7) is 0.233. The molecule has 0 aliphatic heterocycles. The number of hydrogen-bond acceptors (Lipinski definition) is 5. The zero-order valence-electron chi connectivity index (χ0n) is 10.7. The molecule has 2 aromatic rings. The molecular formula is C13H11ClN4O3. The normalized spacial score (nSPS) is 10.1. The zero-order chi connectivity index (χ0) is 15.4. The van der Waals surface area contributed by atoms with Crippen LogP contribution >= 0.6 is 11.6 Å². The van der Waals surface area contributed by atoms with Crippen molar-refractivity contribution in [2.24, 2.45) is 0 Å². The summed E-state index contributed by atoms with van der Waals surface area (Å²) in [5.41, 5.74) is 6.55. The van der Waals surface area contributed by atoms with Crippen LogP contribution in [0.3, 0.4) is 0 Å². The third kappa shape index (κ3) is 3.90. The van der Waals surface area contributed by atoms with Crippen molar-refractivity contribution in [3.63, 3.8) is 0 Å². The van der Waals surface area contributed by atoms with Crippen LogP contribution in [-0.2, 0) is 6.54 Å². The number of nitrogen functional groups attached to an aromatic ring is 1. The minimum absolute atomic E-state index is 0.00114. The second-order valence-corrected chi connectivity index (χ2v) is 4.60. The number of nitro groups is 1. The Morgan fingerprint density at radius 3 is 2.57 bits per heavy atom. The first-order chi connectivity index (χ1) is 9.95. The van der Waals surface area contributed by atoms with Crippen molar-refractivity contribution in [2.45, 2.75) is 6.54 Å². The second-order valence-electron chi connectivity index (χ2n) is 4.21. The molecule has 2 rings (SSSR count). The smallest absolute Gasteiger partial charge is 0.269 e. The number of benzene rings is 1. The van der Waals surface area contributed by atoms with E-state index < -0.39 is 4.92 Å². The van der Waals surface area contributed by atoms with Crippen molar-refractivity contribution in [1.82, 2.24) is 10.3 Å². The summed E-state index contributed by atoms with van der Waals surface area (Å²) in [6, 6.07) is 8.73. The van der Waals surface area contributed by atoms with E-state index in [9.17, 15) is 14.9 Å². The van der Waals surface area contributed by atoms with E-state index in [1.807, 2.05) is 0 Å². The van der Waals surface area contributed by atoms with E-state index in [0.717, 1.165) is 5.56 Å². The first-order valence-corrected chi connectivity index (χ1v) is 6.28. The van der Waals surface area contributed by atoms with Crippen molar-refractivity contribution >= 4 is 29.0 Å². The third-order valence-electron chi connectivity index (χ3n) is 2.68. The molecule has 8 heteroatoms. The molecule has 0 fully saturated rings. The first kappa shape index (κ1) is 14.7. The van der Waals surface area contributed by atoms with E-state index in [-0.39, 0.29) is 29.1 Å². The van der Waals surface area contributed by atoms with Gasteiger partial charge in [-0.3, -0.25) is 14.9 Å². The molecule has 0 aliphatic rings. The SMILES string of the molecule is Nc1cc(C(=O)NCc2ccc([N+](=O)[O-])cc2)cc(Cl)n1. The van der Waals surface area contributed by atoms with E-state index >= 15 is 0 Å². The lowest BCUT2D eigenvalue weighted by Gasteiger charge is -2.06. The van der Waals surface area contributed by atoms with Crippen molar-refractivity contribution < 1.29 is 9.72 Å². The Morgan fingerprint density at radius 1 is 1.33 bits per heavy atom. The summed E-state index contributed by atoms with van der Waals surface area (Å²) in [5.74, 6) is -0.202. The second kappa shape index (κ2) is 6.19. The number of nitrogens with one attached hydrogen (secondary N) is 1. The largest absolute Gasteiger partial charge is 0.384 e. The number of non-ortho nitro benzene ring substituents is 1. The molecule has 0 atom stereocenters. The maximum atomic E-state index is 11.9. The molecule has 1 aromatic heterocycles. The molecule has 0 saturated heterocycles. The van der Waals surface area contributed by atoms with Gasteiger partial charge in [0.1, 0.15) is 11.0 Å². The van der Waals surface area contributed by atoms with Gasteiger partial charge in [0.15, 0.2) is 0 Å². The zero-order valence-corrected chi connectivity index (χ0v) is 11.5. The van der Waals surface area contributed by atoms with Crippen LogP contribution in [0.4, 0.5) is 11.5 Å². The Balaban J connectivity index is 2.02. The highest BCUT2D eigenvalue weighted by Crippen LogP contribution is 2.13. The molecule has 7 nitrogen and oxygen atoms in total. The number of anilines is 1. The lowest BCUT2D eigenvalue weighted by atomic mass is 10.2. The van der Waals surface area contributed by atoms with Gasteiger partial charge < -0.3 is 11.1 Å². The van der Waals surface area contributed by atoms with Crippen molar-refractivity contribution in [3.8, 4) is 0 Å². The highest BCUT2D eigenvalue weighted by atomic mass is 35.5. The van der Waals surface area contributed by atoms with Crippen molar-refractivity contribution in [1.29, 1.82) is 0 Å². The number of hydrogen-bond donors (Lipinski definition) is 2. The number of nitrogens with two attached hydrogens (primary N) is 1. The summed E-state index contributed by atoms with van der Waals surface area (Å²) in [4.78, 5) is 25.7. The molecule has 21 heavy (non-hydrogen) atoms. The first-order valence-electron chi connectivity index (χ1n) is 5.90. The lowest BCUT2D eigenvalue weighted by molar-refractivity contribution is -0.384. The molecule has 1 aromatic carbocycles. The predicted molar refractivity (Wildman–Crippen MR) is 77.9 cm³/mol. The fraction of sp³-hybridized carbons (Fsp3) is 0.0769. The Morgan fingerprint density at radius 2 is 2.00 bits per heavy atom. The van der Waals surface area contributed by atoms with Gasteiger partial charge in [-0.2, -0.15) is 0 Å². The highest BCUT2D eigenvalue weighted by molar-refractivity contribution is 6.29. The predicted octanol–water partition coefficient (Wildman–Crippen LogP) is 2.16. The molecule has 0 unspecified atom stereocenters. The van der Waals surface area contributed by atoms with Gasteiger partial charge in [0.05, 0.1) is 4.92 Å². The standard InChI is InChI=1S/C13H11ClN4O3/c14-11-5-9(6-12(15)17-11)13(19)16-7-8-1-3-10(4-2-8)18(20)21/h1-6H,7H2,(H2,15,17)(H,16,19). The molecule has 1 amide bonds. The summed E-state index contributed by atoms with van der Waals surface area (Å²) < 4.78 is 0. The summed E-state index contributed by atoms with van der Waals surface area (Å²) in [7, 11) is 0. The van der Waals surface area contributed by atoms with Crippen LogP contribution in [0.25, 0.3) is 0 Å². The van der Waals surface area contributed by atoms with Gasteiger partial charge in [-0.15, -0.1) is 0 Å². The van der Waals surface area contributed by atoms with E-state index in [2.05, 4.69) is 10.3 Å². The third-order valence-corrected chi connectivity index (χ3v) is 2.87. The minimum Gasteiger partial charge on any atom is -0.384 e. The number of nitrogens with zero attached hydrogens (tertiary/aromatic N) is 2. The number of rotatable bonds is 4. The van der Waals surface area contributed by atoms with E-state index in [1.165, 1.54) is 24.3 Å². The maximum absolute atomic E-state index is 11.9. The molecule has 3 N–H and O–H groups in total. The monoisotopic (exact) mass is 306 g/mol. The number of aromatic nitrogens is 1. The van der Waals surface area contributed by atoms with Crippen LogP contribution in [0.2, 0.25) is 5.15 Å². The number of carbonyl (C=O) groups excluding carboxylic acids is 1. The van der Waals surface area contributed by atoms with E-state index in [1.54, 1.807) is 12.1 Å². The van der Waals surface area contributed by atoms with Crippen molar-refractivity contribution in [2.75, 3.05) is 5.73 Å². The van der Waals surface area contributed by atoms with Crippen LogP contribution < -0.4 is 11.1 Å². The van der Waals surface area contributed by atoms with Gasteiger partial charge in [0.2, 0.25) is 0 Å². The number of nitro benzene ring substituents is 1. The summed E-state index contributed by atoms with van der Waals surface area (Å²) in [5, 5.41) is 13.3. The molecule has 108 valence electrons. The fourth-order valence-electron chi connectivity index (χ4n) is 1.67. The minimum atomic E-state index is -0.482. The van der Waals surface area contributed by atoms with Gasteiger partial charge in [-0.25, -0.2) is 4.98 Å². The van der Waals surface area contributed by atoms with Gasteiger partial charge in [0.25, 0.3) is 11.6 Å². The van der Waals surface area contributed by atoms with Gasteiger partial charge in [-0.1, -0.05) is 23.7 Å². The lowest BCUT2D eigenvalue weighted by Crippen LogP contribution is -2.23. The van der Waals surface area contributed by atoms with Gasteiger partial charge >= 0.3 is 0 Å². The van der Waals surface area contributed by atoms with Crippen molar-refractivity contribution in [3.05, 3.63) is 62.8 Å². The molecule has 0 radical (unpaired) electrons. The Kier molecular flexibility index (Phi) is 4.34. The highest BCUT2D eigenvalue weighted by Gasteiger charge is 2.09. The topological polar surface area (TPSA) is 111 Å². The van der Waals surface area contributed by atoms with Crippen LogP contribution in [0.1, 0.15) is 15.9 Å². The van der Waals surface area contributed by atoms with Crippen LogP contribution in [-0.4, -0.2) is 15.8 Å². The Bertz CT molecular complexity index is 668. The number of amides is 1. The quantitative estimate of drug-likeness (QED) is 0.511. The number of carbonyl (C=O) groups is 1. The molecule has 1 heterocycles. The van der Waals surface area contributed by atoms with Crippen LogP contribution in [0.15, 0.2) is 36.4 Å². The van der Waals surface area contributed by atoms with Gasteiger partial charge in [-0.05, 0) is 17.7 Å². The average Bonchev–Trinajstić information content (AvgIpc) is 2.44. The molecule has 0 saturated carbocycles. The number of pyridine rings is 1. The summed E-state index contributed by atoms with van der Waals surface area (Å²) in [6.07, 6.45) is 0. The molecular weight excluding hydrogens is 296 g/mol. The molecule has 0 aliphatic carbocycles. The average molecular weight is 307 g/mol. The van der Waals surface area contributed by atoms with E-state index in [4.69, 9.17) is 17.3 Å². The van der Waals surface area contributed by atoms with E-state index in [0.29, 0.717) is 5.56 Å². The maximum Gasteiger partial charge on any atom is 0.269 e. The molecule has 0 spiro atoms. The fourth-order valence-corrected chi connectivity index (χ4v) is 1.88.